The van der Waals surface area contributed by atoms with Crippen LogP contribution in [-0.2, 0) is 10.0 Å². The number of rotatable bonds is 4. The molecule has 2 N–H and O–H groups in total. The van der Waals surface area contributed by atoms with Gasteiger partial charge < -0.3 is 9.84 Å². The molecule has 2 aromatic rings. The third kappa shape index (κ3) is 3.20. The zero-order valence-electron chi connectivity index (χ0n) is 12.8. The summed E-state index contributed by atoms with van der Waals surface area (Å²) >= 11 is 0. The molecule has 1 aliphatic heterocycles. The van der Waals surface area contributed by atoms with Gasteiger partial charge in [-0.1, -0.05) is 12.1 Å². The Hall–Kier alpha value is -2.56. The van der Waals surface area contributed by atoms with E-state index in [1.807, 2.05) is 12.1 Å². The van der Waals surface area contributed by atoms with Gasteiger partial charge in [-0.15, -0.1) is 0 Å². The largest absolute Gasteiger partial charge is 0.504 e. The van der Waals surface area contributed by atoms with Crippen molar-refractivity contribution in [2.24, 2.45) is 0 Å². The van der Waals surface area contributed by atoms with Crippen molar-refractivity contribution >= 4 is 10.0 Å². The Morgan fingerprint density at radius 3 is 2.71 bits per heavy atom. The minimum absolute atomic E-state index is 0.0622. The Bertz CT molecular complexity index is 886. The van der Waals surface area contributed by atoms with Crippen LogP contribution >= 0.6 is 0 Å². The van der Waals surface area contributed by atoms with Gasteiger partial charge >= 0.3 is 0 Å². The number of fused-ring (bicyclic) bond motifs is 1. The van der Waals surface area contributed by atoms with Crippen LogP contribution in [0.25, 0.3) is 0 Å². The average molecular weight is 344 g/mol. The smallest absolute Gasteiger partial charge is 0.240 e. The predicted octanol–water partition coefficient (Wildman–Crippen LogP) is 2.11. The summed E-state index contributed by atoms with van der Waals surface area (Å²) in [6.45, 7) is 0.635. The summed E-state index contributed by atoms with van der Waals surface area (Å²) in [5.41, 5.74) is 1.20. The van der Waals surface area contributed by atoms with Crippen LogP contribution in [0.2, 0.25) is 0 Å². The lowest BCUT2D eigenvalue weighted by atomic mass is 9.93. The van der Waals surface area contributed by atoms with E-state index in [0.717, 1.165) is 5.56 Å². The SMILES string of the molecule is N#Cc1ccc(S(=O)(=O)NCC2CCOc3c(O)cccc32)cc1. The number of hydrogen-bond donors (Lipinski definition) is 2. The molecule has 0 bridgehead atoms. The van der Waals surface area contributed by atoms with Crippen LogP contribution < -0.4 is 9.46 Å². The summed E-state index contributed by atoms with van der Waals surface area (Å²) in [6, 6.07) is 12.8. The molecule has 0 radical (unpaired) electrons. The number of ether oxygens (including phenoxy) is 1. The molecule has 0 amide bonds. The zero-order valence-corrected chi connectivity index (χ0v) is 13.6. The van der Waals surface area contributed by atoms with Gasteiger partial charge in [0.25, 0.3) is 0 Å². The van der Waals surface area contributed by atoms with Gasteiger partial charge in [-0.2, -0.15) is 5.26 Å². The number of nitrogens with zero attached hydrogens (tertiary/aromatic N) is 1. The molecule has 7 heteroatoms. The average Bonchev–Trinajstić information content (AvgIpc) is 2.60. The standard InChI is InChI=1S/C17H16N2O4S/c18-10-12-4-6-14(7-5-12)24(21,22)19-11-13-8-9-23-17-15(13)2-1-3-16(17)20/h1-7,13,19-20H,8-9,11H2. The van der Waals surface area contributed by atoms with E-state index in [2.05, 4.69) is 4.72 Å². The van der Waals surface area contributed by atoms with Crippen molar-refractivity contribution in [3.63, 3.8) is 0 Å². The maximum Gasteiger partial charge on any atom is 0.240 e. The molecule has 0 saturated heterocycles. The first-order chi connectivity index (χ1) is 11.5. The van der Waals surface area contributed by atoms with Gasteiger partial charge in [0.2, 0.25) is 10.0 Å². The number of nitriles is 1. The van der Waals surface area contributed by atoms with E-state index >= 15 is 0 Å². The highest BCUT2D eigenvalue weighted by Gasteiger charge is 2.25. The van der Waals surface area contributed by atoms with Gasteiger partial charge in [0.05, 0.1) is 23.1 Å². The van der Waals surface area contributed by atoms with Gasteiger partial charge in [0.1, 0.15) is 0 Å². The summed E-state index contributed by atoms with van der Waals surface area (Å²) in [5.74, 6) is 0.410. The molecule has 1 atom stereocenters. The predicted molar refractivity (Wildman–Crippen MR) is 87.3 cm³/mol. The maximum absolute atomic E-state index is 12.4. The van der Waals surface area contributed by atoms with E-state index in [1.54, 1.807) is 12.1 Å². The molecule has 1 unspecified atom stereocenters. The highest BCUT2D eigenvalue weighted by molar-refractivity contribution is 7.89. The number of nitrogens with one attached hydrogen (secondary N) is 1. The van der Waals surface area contributed by atoms with Crippen molar-refractivity contribution in [2.45, 2.75) is 17.2 Å². The van der Waals surface area contributed by atoms with Crippen LogP contribution in [0.15, 0.2) is 47.4 Å². The Labute approximate surface area is 140 Å². The Morgan fingerprint density at radius 2 is 2.00 bits per heavy atom. The van der Waals surface area contributed by atoms with Crippen LogP contribution in [0.1, 0.15) is 23.5 Å². The number of phenolic OH excluding ortho intramolecular Hbond substituents is 1. The van der Waals surface area contributed by atoms with Crippen molar-refractivity contribution in [3.05, 3.63) is 53.6 Å². The Balaban J connectivity index is 1.76. The Morgan fingerprint density at radius 1 is 1.25 bits per heavy atom. The van der Waals surface area contributed by atoms with Gasteiger partial charge in [-0.25, -0.2) is 13.1 Å². The summed E-state index contributed by atoms with van der Waals surface area (Å²) in [4.78, 5) is 0.115. The molecule has 0 aromatic heterocycles. The van der Waals surface area contributed by atoms with Gasteiger partial charge in [-0.05, 0) is 36.8 Å². The zero-order chi connectivity index (χ0) is 17.2. The number of benzene rings is 2. The lowest BCUT2D eigenvalue weighted by molar-refractivity contribution is 0.254. The van der Waals surface area contributed by atoms with E-state index in [0.29, 0.717) is 24.3 Å². The van der Waals surface area contributed by atoms with Crippen LogP contribution in [0, 0.1) is 11.3 Å². The first-order valence-electron chi connectivity index (χ1n) is 7.46. The molecule has 0 aliphatic carbocycles. The number of phenols is 1. The summed E-state index contributed by atoms with van der Waals surface area (Å²) in [7, 11) is -3.66. The second-order valence-electron chi connectivity index (χ2n) is 5.52. The molecule has 124 valence electrons. The van der Waals surface area contributed by atoms with Crippen LogP contribution in [-0.4, -0.2) is 26.7 Å². The third-order valence-electron chi connectivity index (χ3n) is 3.99. The summed E-state index contributed by atoms with van der Waals surface area (Å²) < 4.78 is 32.8. The Kier molecular flexibility index (Phi) is 4.42. The molecule has 1 aliphatic rings. The van der Waals surface area contributed by atoms with E-state index in [-0.39, 0.29) is 23.1 Å². The van der Waals surface area contributed by atoms with E-state index in [1.165, 1.54) is 24.3 Å². The fourth-order valence-electron chi connectivity index (χ4n) is 2.69. The summed E-state index contributed by atoms with van der Waals surface area (Å²) in [5, 5.41) is 18.6. The minimum atomic E-state index is -3.66. The van der Waals surface area contributed by atoms with Gasteiger partial charge in [0.15, 0.2) is 11.5 Å². The maximum atomic E-state index is 12.4. The van der Waals surface area contributed by atoms with E-state index in [9.17, 15) is 13.5 Å². The number of sulfonamides is 1. The third-order valence-corrected chi connectivity index (χ3v) is 5.43. The van der Waals surface area contributed by atoms with Crippen LogP contribution in [0.3, 0.4) is 0 Å². The van der Waals surface area contributed by atoms with E-state index in [4.69, 9.17) is 10.00 Å². The van der Waals surface area contributed by atoms with Crippen molar-refractivity contribution in [2.75, 3.05) is 13.2 Å². The highest BCUT2D eigenvalue weighted by atomic mass is 32.2. The van der Waals surface area contributed by atoms with Crippen LogP contribution in [0.5, 0.6) is 11.5 Å². The second kappa shape index (κ2) is 6.51. The minimum Gasteiger partial charge on any atom is -0.504 e. The lowest BCUT2D eigenvalue weighted by Gasteiger charge is -2.26. The van der Waals surface area contributed by atoms with Gasteiger partial charge in [0, 0.05) is 18.0 Å². The fraction of sp³-hybridized carbons (Fsp3) is 0.235. The highest BCUT2D eigenvalue weighted by Crippen LogP contribution is 2.39. The van der Waals surface area contributed by atoms with Crippen molar-refractivity contribution in [1.82, 2.24) is 4.72 Å². The normalized spacial score (nSPS) is 16.7. The quantitative estimate of drug-likeness (QED) is 0.885. The number of aromatic hydroxyl groups is 1. The first-order valence-corrected chi connectivity index (χ1v) is 8.94. The molecular weight excluding hydrogens is 328 g/mol. The molecule has 3 rings (SSSR count). The lowest BCUT2D eigenvalue weighted by Crippen LogP contribution is -2.30. The molecule has 24 heavy (non-hydrogen) atoms. The van der Waals surface area contributed by atoms with Crippen molar-refractivity contribution < 1.29 is 18.3 Å². The molecule has 1 heterocycles. The fourth-order valence-corrected chi connectivity index (χ4v) is 3.78. The molecule has 6 nitrogen and oxygen atoms in total. The van der Waals surface area contributed by atoms with Gasteiger partial charge in [-0.3, -0.25) is 0 Å². The number of hydrogen-bond acceptors (Lipinski definition) is 5. The second-order valence-corrected chi connectivity index (χ2v) is 7.28. The van der Waals surface area contributed by atoms with Crippen molar-refractivity contribution in [3.8, 4) is 17.6 Å². The van der Waals surface area contributed by atoms with E-state index < -0.39 is 10.0 Å². The molecule has 0 saturated carbocycles. The van der Waals surface area contributed by atoms with Crippen LogP contribution in [0.4, 0.5) is 0 Å². The monoisotopic (exact) mass is 344 g/mol. The topological polar surface area (TPSA) is 99.4 Å². The van der Waals surface area contributed by atoms with Crippen molar-refractivity contribution in [1.29, 1.82) is 5.26 Å². The molecule has 0 fully saturated rings. The molecule has 2 aromatic carbocycles. The summed E-state index contributed by atoms with van der Waals surface area (Å²) in [6.07, 6.45) is 0.659. The number of para-hydroxylation sites is 1. The first kappa shape index (κ1) is 16.3. The molecule has 0 spiro atoms. The molecular formula is C17H16N2O4S.